The van der Waals surface area contributed by atoms with Crippen LogP contribution in [0.1, 0.15) is 13.3 Å². The molecule has 0 bridgehead atoms. The van der Waals surface area contributed by atoms with Crippen LogP contribution >= 0.6 is 37.0 Å². The van der Waals surface area contributed by atoms with E-state index in [0.29, 0.717) is 26.3 Å². The number of rotatable bonds is 6. The standard InChI is InChI=1S/C19H23N5O3S.C2H6S.CH4S/c1-26-9-10-27-14-3-6-23(7-4-14)19(25)16-12-24(8-11-28-16)18-15-2-5-20-17(15)21-13-22-18;1-2-3;1-2/h2-3,5,12-13H,4,6-11H2,1H3,(H,20,21,22);3H,2H2,1H3;2H,1H3. The SMILES string of the molecule is CCS.COCCOC1=CCN(C(=O)C2=CN(c3ncnc4[nH]ccc34)CCS2)CC1.CS. The molecule has 2 aromatic heterocycles. The van der Waals surface area contributed by atoms with Crippen molar-refractivity contribution in [3.8, 4) is 0 Å². The molecule has 0 radical (unpaired) electrons. The van der Waals surface area contributed by atoms with Gasteiger partial charge in [-0.1, -0.05) is 6.92 Å². The smallest absolute Gasteiger partial charge is 0.262 e. The van der Waals surface area contributed by atoms with Crippen LogP contribution in [0.4, 0.5) is 5.82 Å². The largest absolute Gasteiger partial charge is 0.496 e. The van der Waals surface area contributed by atoms with E-state index in [0.717, 1.165) is 52.0 Å². The van der Waals surface area contributed by atoms with Gasteiger partial charge in [-0.3, -0.25) is 4.79 Å². The Morgan fingerprint density at radius 3 is 2.76 bits per heavy atom. The second-order valence-corrected chi connectivity index (χ2v) is 8.57. The van der Waals surface area contributed by atoms with Gasteiger partial charge in [0.25, 0.3) is 5.91 Å². The Bertz CT molecular complexity index is 935. The number of anilines is 1. The van der Waals surface area contributed by atoms with Crippen LogP contribution in [0.5, 0.6) is 0 Å². The lowest BCUT2D eigenvalue weighted by molar-refractivity contribution is -0.126. The highest BCUT2D eigenvalue weighted by molar-refractivity contribution is 8.04. The fourth-order valence-electron chi connectivity index (χ4n) is 3.25. The van der Waals surface area contributed by atoms with Gasteiger partial charge in [-0.15, -0.1) is 11.8 Å². The minimum atomic E-state index is 0.0567. The van der Waals surface area contributed by atoms with Crippen LogP contribution in [0, 0.1) is 0 Å². The third-order valence-corrected chi connectivity index (χ3v) is 5.69. The van der Waals surface area contributed by atoms with Gasteiger partial charge in [0.15, 0.2) is 0 Å². The Morgan fingerprint density at radius 1 is 1.27 bits per heavy atom. The van der Waals surface area contributed by atoms with Crippen LogP contribution in [0.2, 0.25) is 0 Å². The van der Waals surface area contributed by atoms with E-state index in [4.69, 9.17) is 9.47 Å². The van der Waals surface area contributed by atoms with E-state index in [1.807, 2.05) is 41.3 Å². The van der Waals surface area contributed by atoms with Crippen molar-refractivity contribution in [1.82, 2.24) is 19.9 Å². The van der Waals surface area contributed by atoms with Gasteiger partial charge in [0, 0.05) is 51.3 Å². The molecule has 0 spiro atoms. The van der Waals surface area contributed by atoms with Crippen LogP contribution in [0.3, 0.4) is 0 Å². The average molecular weight is 512 g/mol. The summed E-state index contributed by atoms with van der Waals surface area (Å²) >= 11 is 8.91. The Morgan fingerprint density at radius 2 is 2.06 bits per heavy atom. The molecule has 2 aliphatic rings. The number of nitrogens with zero attached hydrogens (tertiary/aromatic N) is 4. The number of aromatic nitrogens is 3. The fourth-order valence-corrected chi connectivity index (χ4v) is 4.21. The summed E-state index contributed by atoms with van der Waals surface area (Å²) in [6.45, 7) is 5.12. The highest BCUT2D eigenvalue weighted by Gasteiger charge is 2.25. The number of carbonyl (C=O) groups is 1. The Labute approximate surface area is 211 Å². The van der Waals surface area contributed by atoms with Crippen molar-refractivity contribution in [1.29, 1.82) is 0 Å². The molecule has 1 N–H and O–H groups in total. The second kappa shape index (κ2) is 15.2. The molecule has 0 aliphatic carbocycles. The first-order chi connectivity index (χ1) is 16.2. The summed E-state index contributed by atoms with van der Waals surface area (Å²) in [4.78, 5) is 29.4. The van der Waals surface area contributed by atoms with E-state index in [2.05, 4.69) is 40.2 Å². The number of H-pyrrole nitrogens is 1. The number of hydrogen-bond donors (Lipinski definition) is 3. The first kappa shape index (κ1) is 27.4. The molecule has 4 rings (SSSR count). The maximum atomic E-state index is 13.0. The number of ether oxygens (including phenoxy) is 2. The molecule has 0 aromatic carbocycles. The number of thiol groups is 2. The van der Waals surface area contributed by atoms with E-state index in [1.165, 1.54) is 0 Å². The molecule has 2 aliphatic heterocycles. The minimum Gasteiger partial charge on any atom is -0.496 e. The summed E-state index contributed by atoms with van der Waals surface area (Å²) in [5, 5.41) is 0.955. The minimum absolute atomic E-state index is 0.0567. The van der Waals surface area contributed by atoms with Crippen molar-refractivity contribution in [2.75, 3.05) is 62.6 Å². The highest BCUT2D eigenvalue weighted by atomic mass is 32.2. The molecule has 182 valence electrons. The third-order valence-electron chi connectivity index (χ3n) is 4.71. The van der Waals surface area contributed by atoms with Crippen LogP contribution in [-0.2, 0) is 14.3 Å². The van der Waals surface area contributed by atoms with E-state index in [-0.39, 0.29) is 5.91 Å². The summed E-state index contributed by atoms with van der Waals surface area (Å²) in [5.41, 5.74) is 0.798. The lowest BCUT2D eigenvalue weighted by atomic mass is 10.2. The first-order valence-electron chi connectivity index (χ1n) is 10.7. The van der Waals surface area contributed by atoms with E-state index in [1.54, 1.807) is 31.5 Å². The molecule has 0 saturated heterocycles. The molecule has 2 aromatic rings. The zero-order valence-corrected chi connectivity index (χ0v) is 22.0. The fraction of sp³-hybridized carbons (Fsp3) is 0.500. The van der Waals surface area contributed by atoms with Crippen molar-refractivity contribution in [2.45, 2.75) is 13.3 Å². The van der Waals surface area contributed by atoms with Crippen molar-refractivity contribution < 1.29 is 14.3 Å². The molecular formula is C22H33N5O3S3. The monoisotopic (exact) mass is 511 g/mol. The molecule has 0 fully saturated rings. The zero-order chi connectivity index (χ0) is 24.1. The number of nitrogens with one attached hydrogen (secondary N) is 1. The van der Waals surface area contributed by atoms with Crippen molar-refractivity contribution in [3.63, 3.8) is 0 Å². The molecule has 11 heteroatoms. The Hall–Kier alpha value is -1.82. The number of amides is 1. The van der Waals surface area contributed by atoms with Crippen LogP contribution in [0.25, 0.3) is 11.0 Å². The van der Waals surface area contributed by atoms with Crippen molar-refractivity contribution >= 4 is 59.8 Å². The van der Waals surface area contributed by atoms with Crippen LogP contribution in [-0.4, -0.2) is 83.5 Å². The Kier molecular flexibility index (Phi) is 12.6. The van der Waals surface area contributed by atoms with Gasteiger partial charge in [0.1, 0.15) is 24.4 Å². The van der Waals surface area contributed by atoms with E-state index >= 15 is 0 Å². The molecule has 0 unspecified atom stereocenters. The van der Waals surface area contributed by atoms with Gasteiger partial charge in [-0.25, -0.2) is 9.97 Å². The van der Waals surface area contributed by atoms with Crippen molar-refractivity contribution in [2.24, 2.45) is 0 Å². The van der Waals surface area contributed by atoms with Gasteiger partial charge < -0.3 is 24.3 Å². The highest BCUT2D eigenvalue weighted by Crippen LogP contribution is 2.30. The normalized spacial score (nSPS) is 15.5. The average Bonchev–Trinajstić information content (AvgIpc) is 3.35. The number of thioether (sulfide) groups is 1. The second-order valence-electron chi connectivity index (χ2n) is 6.80. The molecule has 0 saturated carbocycles. The van der Waals surface area contributed by atoms with Crippen LogP contribution < -0.4 is 4.90 Å². The Balaban J connectivity index is 0.000000714. The molecule has 1 amide bonds. The summed E-state index contributed by atoms with van der Waals surface area (Å²) in [6.07, 6.45) is 9.72. The van der Waals surface area contributed by atoms with Gasteiger partial charge in [-0.05, 0) is 24.2 Å². The van der Waals surface area contributed by atoms with Crippen LogP contribution in [0.15, 0.2) is 41.5 Å². The third kappa shape index (κ3) is 7.87. The predicted octanol–water partition coefficient (Wildman–Crippen LogP) is 3.61. The molecular weight excluding hydrogens is 478 g/mol. The molecule has 8 nitrogen and oxygen atoms in total. The zero-order valence-electron chi connectivity index (χ0n) is 19.4. The van der Waals surface area contributed by atoms with E-state index in [9.17, 15) is 4.79 Å². The van der Waals surface area contributed by atoms with Gasteiger partial charge in [0.05, 0.1) is 22.7 Å². The van der Waals surface area contributed by atoms with Crippen molar-refractivity contribution in [3.05, 3.63) is 41.5 Å². The predicted molar refractivity (Wildman–Crippen MR) is 143 cm³/mol. The summed E-state index contributed by atoms with van der Waals surface area (Å²) in [7, 11) is 1.65. The molecule has 0 atom stereocenters. The maximum Gasteiger partial charge on any atom is 0.262 e. The summed E-state index contributed by atoms with van der Waals surface area (Å²) < 4.78 is 10.7. The van der Waals surface area contributed by atoms with E-state index < -0.39 is 0 Å². The lowest BCUT2D eigenvalue weighted by Gasteiger charge is -2.30. The summed E-state index contributed by atoms with van der Waals surface area (Å²) in [5.74, 6) is 3.59. The number of carbonyl (C=O) groups excluding carboxylic acids is 1. The van der Waals surface area contributed by atoms with Gasteiger partial charge >= 0.3 is 0 Å². The van der Waals surface area contributed by atoms with Gasteiger partial charge in [0.2, 0.25) is 0 Å². The quantitative estimate of drug-likeness (QED) is 0.404. The summed E-state index contributed by atoms with van der Waals surface area (Å²) in [6, 6.07) is 1.96. The number of fused-ring (bicyclic) bond motifs is 1. The molecule has 33 heavy (non-hydrogen) atoms. The number of aromatic amines is 1. The molecule has 4 heterocycles. The number of hydrogen-bond acceptors (Lipinski definition) is 9. The topological polar surface area (TPSA) is 83.6 Å². The number of methoxy groups -OCH3 is 1. The first-order valence-corrected chi connectivity index (χ1v) is 13.2. The van der Waals surface area contributed by atoms with Gasteiger partial charge in [-0.2, -0.15) is 25.3 Å². The maximum absolute atomic E-state index is 13.0. The lowest BCUT2D eigenvalue weighted by Crippen LogP contribution is -2.37.